The molecule has 4 aromatic rings. The summed E-state index contributed by atoms with van der Waals surface area (Å²) in [7, 11) is 0. The number of Topliss-reactive ketones (excluding diaryl/α,β-unsaturated/α-hetero) is 1. The molecular weight excluding hydrogens is 514 g/mol. The normalized spacial score (nSPS) is 15.7. The van der Waals surface area contributed by atoms with Crippen LogP contribution in [0.15, 0.2) is 81.8 Å². The number of carbonyl (C=O) groups excluding carboxylic acids is 3. The van der Waals surface area contributed by atoms with Crippen LogP contribution in [-0.4, -0.2) is 28.9 Å². The maximum Gasteiger partial charge on any atom is 0.310 e. The number of benzene rings is 2. The number of halogens is 1. The number of nitrogens with zero attached hydrogens (tertiary/aromatic N) is 1. The Morgan fingerprint density at radius 3 is 2.57 bits per heavy atom. The highest BCUT2D eigenvalue weighted by Crippen LogP contribution is 2.43. The van der Waals surface area contributed by atoms with Gasteiger partial charge >= 0.3 is 5.97 Å². The monoisotopic (exact) mass is 535 g/mol. The summed E-state index contributed by atoms with van der Waals surface area (Å²) in [6.45, 7) is 3.56. The largest absolute Gasteiger partial charge is 0.503 e. The Kier molecular flexibility index (Phi) is 6.62. The SMILES string of the molecule is CC(C)OC(=O)Cc1ccc(N2C(=O)C(O)=C(C(=O)c3cc4cc(Cl)ccc4o3)C2c2cccs2)cc1. The summed E-state index contributed by atoms with van der Waals surface area (Å²) in [6, 6.07) is 16.1. The Bertz CT molecular complexity index is 1530. The van der Waals surface area contributed by atoms with Crippen LogP contribution in [0, 0.1) is 0 Å². The van der Waals surface area contributed by atoms with Crippen molar-refractivity contribution in [1.82, 2.24) is 0 Å². The molecule has 5 rings (SSSR count). The third-order valence-electron chi connectivity index (χ3n) is 5.90. The van der Waals surface area contributed by atoms with Crippen LogP contribution in [0.25, 0.3) is 11.0 Å². The molecule has 0 spiro atoms. The van der Waals surface area contributed by atoms with E-state index in [0.717, 1.165) is 0 Å². The van der Waals surface area contributed by atoms with Crippen molar-refractivity contribution in [3.05, 3.63) is 98.6 Å². The lowest BCUT2D eigenvalue weighted by atomic mass is 9.99. The summed E-state index contributed by atoms with van der Waals surface area (Å²) in [5, 5.41) is 13.9. The molecule has 1 N–H and O–H groups in total. The molecule has 1 amide bonds. The molecule has 1 aliphatic heterocycles. The third kappa shape index (κ3) is 4.77. The van der Waals surface area contributed by atoms with E-state index in [2.05, 4.69) is 0 Å². The number of thiophene rings is 1. The standard InChI is InChI=1S/C28H22ClNO6S/c1-15(2)35-23(31)12-16-5-8-19(9-6-16)30-25(22-4-3-11-37-22)24(27(33)28(30)34)26(32)21-14-17-13-18(29)7-10-20(17)36-21/h3-11,13-15,25,33H,12H2,1-2H3. The molecule has 3 heterocycles. The van der Waals surface area contributed by atoms with Crippen LogP contribution in [0.1, 0.15) is 40.9 Å². The Labute approximate surface area is 221 Å². The summed E-state index contributed by atoms with van der Waals surface area (Å²) in [5.74, 6) is -2.28. The zero-order chi connectivity index (χ0) is 26.3. The second-order valence-electron chi connectivity index (χ2n) is 8.86. The van der Waals surface area contributed by atoms with E-state index in [1.165, 1.54) is 16.2 Å². The fourth-order valence-corrected chi connectivity index (χ4v) is 5.33. The van der Waals surface area contributed by atoms with Crippen molar-refractivity contribution in [2.75, 3.05) is 4.90 Å². The van der Waals surface area contributed by atoms with Crippen LogP contribution < -0.4 is 4.90 Å². The number of ketones is 1. The molecule has 7 nitrogen and oxygen atoms in total. The van der Waals surface area contributed by atoms with Gasteiger partial charge in [0.05, 0.1) is 18.1 Å². The molecule has 0 radical (unpaired) electrons. The van der Waals surface area contributed by atoms with E-state index in [4.69, 9.17) is 20.8 Å². The second kappa shape index (κ2) is 9.88. The van der Waals surface area contributed by atoms with Gasteiger partial charge in [0.15, 0.2) is 11.5 Å². The van der Waals surface area contributed by atoms with E-state index in [1.807, 2.05) is 11.4 Å². The number of hydrogen-bond acceptors (Lipinski definition) is 7. The molecule has 2 aromatic heterocycles. The number of aliphatic hydroxyl groups excluding tert-OH is 1. The minimum atomic E-state index is -0.853. The molecule has 0 saturated heterocycles. The number of carbonyl (C=O) groups is 3. The topological polar surface area (TPSA) is 97.0 Å². The van der Waals surface area contributed by atoms with E-state index in [-0.39, 0.29) is 29.8 Å². The zero-order valence-electron chi connectivity index (χ0n) is 19.9. The number of fused-ring (bicyclic) bond motifs is 1. The summed E-state index contributed by atoms with van der Waals surface area (Å²) in [5.41, 5.74) is 1.58. The molecule has 0 fully saturated rings. The van der Waals surface area contributed by atoms with Gasteiger partial charge in [0.2, 0.25) is 5.78 Å². The number of aliphatic hydroxyl groups is 1. The van der Waals surface area contributed by atoms with Gasteiger partial charge < -0.3 is 14.3 Å². The van der Waals surface area contributed by atoms with Crippen LogP contribution in [0.5, 0.6) is 0 Å². The van der Waals surface area contributed by atoms with Gasteiger partial charge in [0.25, 0.3) is 5.91 Å². The van der Waals surface area contributed by atoms with E-state index >= 15 is 0 Å². The van der Waals surface area contributed by atoms with Crippen molar-refractivity contribution >= 4 is 57.3 Å². The maximum absolute atomic E-state index is 13.6. The lowest BCUT2D eigenvalue weighted by Gasteiger charge is -2.25. The van der Waals surface area contributed by atoms with Crippen molar-refractivity contribution in [2.45, 2.75) is 32.4 Å². The highest BCUT2D eigenvalue weighted by atomic mass is 35.5. The average molecular weight is 536 g/mol. The summed E-state index contributed by atoms with van der Waals surface area (Å²) < 4.78 is 10.9. The van der Waals surface area contributed by atoms with Crippen LogP contribution in [0.2, 0.25) is 5.02 Å². The molecule has 1 unspecified atom stereocenters. The van der Waals surface area contributed by atoms with Crippen LogP contribution in [0.4, 0.5) is 5.69 Å². The number of ether oxygens (including phenoxy) is 1. The number of amides is 1. The van der Waals surface area contributed by atoms with Crippen molar-refractivity contribution in [1.29, 1.82) is 0 Å². The molecule has 2 aromatic carbocycles. The first-order valence-electron chi connectivity index (χ1n) is 11.5. The van der Waals surface area contributed by atoms with Gasteiger partial charge in [-0.15, -0.1) is 11.3 Å². The number of furan rings is 1. The van der Waals surface area contributed by atoms with Crippen LogP contribution in [-0.2, 0) is 20.7 Å². The van der Waals surface area contributed by atoms with Gasteiger partial charge in [0.1, 0.15) is 11.6 Å². The quantitative estimate of drug-likeness (QED) is 0.216. The van der Waals surface area contributed by atoms with Gasteiger partial charge in [-0.05, 0) is 67.3 Å². The molecule has 1 atom stereocenters. The second-order valence-corrected chi connectivity index (χ2v) is 10.3. The highest BCUT2D eigenvalue weighted by Gasteiger charge is 2.45. The lowest BCUT2D eigenvalue weighted by molar-refractivity contribution is -0.146. The molecule has 0 aliphatic carbocycles. The Morgan fingerprint density at radius 1 is 1.14 bits per heavy atom. The Balaban J connectivity index is 1.50. The van der Waals surface area contributed by atoms with Gasteiger partial charge in [-0.3, -0.25) is 19.3 Å². The molecule has 37 heavy (non-hydrogen) atoms. The minimum absolute atomic E-state index is 0.00552. The first-order valence-corrected chi connectivity index (χ1v) is 12.8. The van der Waals surface area contributed by atoms with E-state index in [9.17, 15) is 19.5 Å². The number of hydrogen-bond donors (Lipinski definition) is 1. The van der Waals surface area contributed by atoms with Gasteiger partial charge in [-0.1, -0.05) is 29.8 Å². The van der Waals surface area contributed by atoms with Crippen molar-refractivity contribution in [3.63, 3.8) is 0 Å². The van der Waals surface area contributed by atoms with Crippen molar-refractivity contribution < 1.29 is 28.6 Å². The average Bonchev–Trinajstić information content (AvgIpc) is 3.58. The molecule has 0 bridgehead atoms. The zero-order valence-corrected chi connectivity index (χ0v) is 21.5. The van der Waals surface area contributed by atoms with Crippen LogP contribution >= 0.6 is 22.9 Å². The summed E-state index contributed by atoms with van der Waals surface area (Å²) in [6.07, 6.45) is -0.126. The molecule has 9 heteroatoms. The molecule has 0 saturated carbocycles. The summed E-state index contributed by atoms with van der Waals surface area (Å²) >= 11 is 7.43. The fourth-order valence-electron chi connectivity index (χ4n) is 4.32. The molecule has 1 aliphatic rings. The maximum atomic E-state index is 13.6. The van der Waals surface area contributed by atoms with E-state index in [0.29, 0.717) is 32.1 Å². The van der Waals surface area contributed by atoms with Gasteiger partial charge in [0, 0.05) is 21.0 Å². The number of esters is 1. The van der Waals surface area contributed by atoms with Gasteiger partial charge in [-0.25, -0.2) is 0 Å². The first kappa shape index (κ1) is 24.8. The van der Waals surface area contributed by atoms with Crippen molar-refractivity contribution in [2.24, 2.45) is 0 Å². The minimum Gasteiger partial charge on any atom is -0.503 e. The third-order valence-corrected chi connectivity index (χ3v) is 7.06. The first-order chi connectivity index (χ1) is 17.7. The molecular formula is C28H22ClNO6S. The smallest absolute Gasteiger partial charge is 0.310 e. The van der Waals surface area contributed by atoms with E-state index < -0.39 is 23.5 Å². The predicted octanol–water partition coefficient (Wildman–Crippen LogP) is 6.42. The van der Waals surface area contributed by atoms with Crippen LogP contribution in [0.3, 0.4) is 0 Å². The Hall–Kier alpha value is -3.88. The highest BCUT2D eigenvalue weighted by molar-refractivity contribution is 7.10. The fraction of sp³-hybridized carbons (Fsp3) is 0.179. The number of rotatable bonds is 7. The summed E-state index contributed by atoms with van der Waals surface area (Å²) in [4.78, 5) is 41.0. The Morgan fingerprint density at radius 2 is 1.89 bits per heavy atom. The predicted molar refractivity (Wildman–Crippen MR) is 141 cm³/mol. The van der Waals surface area contributed by atoms with Crippen molar-refractivity contribution in [3.8, 4) is 0 Å². The number of anilines is 1. The van der Waals surface area contributed by atoms with E-state index in [1.54, 1.807) is 68.4 Å². The van der Waals surface area contributed by atoms with Gasteiger partial charge in [-0.2, -0.15) is 0 Å². The molecule has 188 valence electrons. The lowest BCUT2D eigenvalue weighted by Crippen LogP contribution is -2.30.